The minimum atomic E-state index is -0.783. The van der Waals surface area contributed by atoms with E-state index >= 15 is 0 Å². The molecule has 1 aromatic carbocycles. The van der Waals surface area contributed by atoms with Crippen LogP contribution in [0.3, 0.4) is 0 Å². The van der Waals surface area contributed by atoms with Crippen molar-refractivity contribution in [1.82, 2.24) is 15.0 Å². The van der Waals surface area contributed by atoms with Gasteiger partial charge in [0.15, 0.2) is 0 Å². The van der Waals surface area contributed by atoms with Crippen molar-refractivity contribution < 1.29 is 4.39 Å². The maximum absolute atomic E-state index is 13.9. The van der Waals surface area contributed by atoms with Crippen LogP contribution in [0, 0.1) is 0 Å². The van der Waals surface area contributed by atoms with Crippen LogP contribution in [0.15, 0.2) is 42.6 Å². The molecule has 3 aromatic rings. The van der Waals surface area contributed by atoms with Gasteiger partial charge in [0.25, 0.3) is 0 Å². The van der Waals surface area contributed by atoms with Crippen LogP contribution in [-0.2, 0) is 0 Å². The molecule has 5 rings (SSSR count). The Balaban J connectivity index is 1.71. The number of hydrogen-bond acceptors (Lipinski definition) is 3. The van der Waals surface area contributed by atoms with E-state index in [1.807, 2.05) is 30.5 Å². The topological polar surface area (TPSA) is 44.8 Å². The van der Waals surface area contributed by atoms with Crippen molar-refractivity contribution >= 4 is 22.4 Å². The lowest BCUT2D eigenvalue weighted by Gasteiger charge is -2.21. The van der Waals surface area contributed by atoms with Gasteiger partial charge in [0.1, 0.15) is 17.8 Å². The molecule has 1 aliphatic heterocycles. The van der Waals surface area contributed by atoms with E-state index in [9.17, 15) is 4.39 Å². The van der Waals surface area contributed by atoms with Gasteiger partial charge in [0.05, 0.1) is 23.1 Å². The number of imidazole rings is 1. The fourth-order valence-corrected chi connectivity index (χ4v) is 4.09. The van der Waals surface area contributed by atoms with E-state index in [1.54, 1.807) is 0 Å². The lowest BCUT2D eigenvalue weighted by Crippen LogP contribution is -2.22. The molecule has 26 heavy (non-hydrogen) atoms. The molecule has 0 spiro atoms. The molecule has 4 nitrogen and oxygen atoms in total. The summed E-state index contributed by atoms with van der Waals surface area (Å²) in [5.74, 6) is 1.66. The summed E-state index contributed by atoms with van der Waals surface area (Å²) in [6, 6.07) is 10.1. The monoisotopic (exact) mass is 348 g/mol. The summed E-state index contributed by atoms with van der Waals surface area (Å²) in [5.41, 5.74) is 5.47. The number of benzene rings is 1. The Morgan fingerprint density at radius 1 is 1.19 bits per heavy atom. The maximum Gasteiger partial charge on any atom is 0.142 e. The molecule has 0 amide bonds. The minimum absolute atomic E-state index is 0.405. The lowest BCUT2D eigenvalue weighted by molar-refractivity contribution is 0.364. The summed E-state index contributed by atoms with van der Waals surface area (Å²) in [4.78, 5) is 15.0. The van der Waals surface area contributed by atoms with Crippen LogP contribution in [0.5, 0.6) is 0 Å². The van der Waals surface area contributed by atoms with E-state index in [-0.39, 0.29) is 0 Å². The van der Waals surface area contributed by atoms with Crippen molar-refractivity contribution in [3.63, 3.8) is 0 Å². The zero-order valence-corrected chi connectivity index (χ0v) is 14.6. The summed E-state index contributed by atoms with van der Waals surface area (Å²) >= 11 is 0. The molecule has 132 valence electrons. The normalized spacial score (nSPS) is 20.1. The van der Waals surface area contributed by atoms with Gasteiger partial charge in [-0.15, -0.1) is 0 Å². The predicted molar refractivity (Wildman–Crippen MR) is 103 cm³/mol. The van der Waals surface area contributed by atoms with Gasteiger partial charge in [-0.3, -0.25) is 0 Å². The Morgan fingerprint density at radius 2 is 2.12 bits per heavy atom. The van der Waals surface area contributed by atoms with Crippen LogP contribution >= 0.6 is 0 Å². The number of aromatic amines is 1. The van der Waals surface area contributed by atoms with Crippen LogP contribution in [-0.4, -0.2) is 34.2 Å². The molecule has 5 heteroatoms. The van der Waals surface area contributed by atoms with E-state index in [1.165, 1.54) is 17.6 Å². The SMILES string of the molecule is FC1CCN(c2nccc(C3=CCCC3)c2-c2nc3ccccc3[nH]2)C1. The van der Waals surface area contributed by atoms with Gasteiger partial charge < -0.3 is 9.88 Å². The summed E-state index contributed by atoms with van der Waals surface area (Å²) < 4.78 is 13.9. The van der Waals surface area contributed by atoms with Crippen LogP contribution in [0.1, 0.15) is 31.2 Å². The smallest absolute Gasteiger partial charge is 0.142 e. The molecule has 1 aliphatic carbocycles. The van der Waals surface area contributed by atoms with Gasteiger partial charge in [-0.2, -0.15) is 0 Å². The Bertz CT molecular complexity index is 958. The quantitative estimate of drug-likeness (QED) is 0.743. The Labute approximate surface area is 151 Å². The van der Waals surface area contributed by atoms with Crippen LogP contribution < -0.4 is 4.90 Å². The van der Waals surface area contributed by atoms with Crippen molar-refractivity contribution in [1.29, 1.82) is 0 Å². The second kappa shape index (κ2) is 6.24. The van der Waals surface area contributed by atoms with Crippen molar-refractivity contribution in [3.05, 3.63) is 48.2 Å². The van der Waals surface area contributed by atoms with E-state index in [0.29, 0.717) is 19.5 Å². The summed E-state index contributed by atoms with van der Waals surface area (Å²) in [6.07, 6.45) is 7.31. The van der Waals surface area contributed by atoms with Gasteiger partial charge >= 0.3 is 0 Å². The summed E-state index contributed by atoms with van der Waals surface area (Å²) in [6.45, 7) is 1.10. The first-order valence-corrected chi connectivity index (χ1v) is 9.32. The van der Waals surface area contributed by atoms with E-state index in [2.05, 4.69) is 27.0 Å². The van der Waals surface area contributed by atoms with Gasteiger partial charge in [0.2, 0.25) is 0 Å². The molecule has 1 fully saturated rings. The molecule has 0 radical (unpaired) electrons. The largest absolute Gasteiger partial charge is 0.353 e. The number of alkyl halides is 1. The fourth-order valence-electron chi connectivity index (χ4n) is 4.09. The van der Waals surface area contributed by atoms with E-state index in [4.69, 9.17) is 4.98 Å². The highest BCUT2D eigenvalue weighted by atomic mass is 19.1. The number of aromatic nitrogens is 3. The molecular formula is C21H21FN4. The number of para-hydroxylation sites is 2. The number of fused-ring (bicyclic) bond motifs is 1. The van der Waals surface area contributed by atoms with Gasteiger partial charge in [-0.1, -0.05) is 18.2 Å². The number of pyridine rings is 1. The Morgan fingerprint density at radius 3 is 2.88 bits per heavy atom. The van der Waals surface area contributed by atoms with E-state index in [0.717, 1.165) is 41.1 Å². The number of H-pyrrole nitrogens is 1. The van der Waals surface area contributed by atoms with Crippen LogP contribution in [0.4, 0.5) is 10.2 Å². The highest BCUT2D eigenvalue weighted by molar-refractivity contribution is 5.89. The molecule has 1 unspecified atom stereocenters. The average molecular weight is 348 g/mol. The Hall–Kier alpha value is -2.69. The number of allylic oxidation sites excluding steroid dienone is 2. The molecule has 0 bridgehead atoms. The fraction of sp³-hybridized carbons (Fsp3) is 0.333. The van der Waals surface area contributed by atoms with Crippen LogP contribution in [0.25, 0.3) is 28.0 Å². The summed E-state index contributed by atoms with van der Waals surface area (Å²) in [5, 5.41) is 0. The highest BCUT2D eigenvalue weighted by Gasteiger charge is 2.28. The Kier molecular flexibility index (Phi) is 3.73. The van der Waals surface area contributed by atoms with Crippen molar-refractivity contribution in [2.24, 2.45) is 0 Å². The number of nitrogens with one attached hydrogen (secondary N) is 1. The first kappa shape index (κ1) is 15.6. The zero-order valence-electron chi connectivity index (χ0n) is 14.6. The first-order chi connectivity index (χ1) is 12.8. The number of hydrogen-bond donors (Lipinski definition) is 1. The van der Waals surface area contributed by atoms with Crippen molar-refractivity contribution in [3.8, 4) is 11.4 Å². The highest BCUT2D eigenvalue weighted by Crippen LogP contribution is 2.40. The number of halogens is 1. The van der Waals surface area contributed by atoms with Crippen LogP contribution in [0.2, 0.25) is 0 Å². The molecule has 3 heterocycles. The van der Waals surface area contributed by atoms with E-state index < -0.39 is 6.17 Å². The standard InChI is InChI=1S/C21H21FN4/c22-15-10-12-26(13-15)21-19(16(9-11-23-21)14-5-1-2-6-14)20-24-17-7-3-4-8-18(17)25-20/h3-5,7-9,11,15H,1-2,6,10,12-13H2,(H,24,25). The third-order valence-electron chi connectivity index (χ3n) is 5.37. The number of anilines is 1. The van der Waals surface area contributed by atoms with Crippen molar-refractivity contribution in [2.75, 3.05) is 18.0 Å². The number of rotatable bonds is 3. The molecule has 2 aliphatic rings. The zero-order chi connectivity index (χ0) is 17.5. The lowest BCUT2D eigenvalue weighted by atomic mass is 9.99. The van der Waals surface area contributed by atoms with Gasteiger partial charge in [-0.25, -0.2) is 14.4 Å². The summed E-state index contributed by atoms with van der Waals surface area (Å²) in [7, 11) is 0. The third-order valence-corrected chi connectivity index (χ3v) is 5.37. The second-order valence-electron chi connectivity index (χ2n) is 7.11. The molecule has 0 saturated carbocycles. The molecule has 1 atom stereocenters. The van der Waals surface area contributed by atoms with Crippen molar-refractivity contribution in [2.45, 2.75) is 31.9 Å². The predicted octanol–water partition coefficient (Wildman–Crippen LogP) is 4.74. The molecule has 1 saturated heterocycles. The first-order valence-electron chi connectivity index (χ1n) is 9.32. The second-order valence-corrected chi connectivity index (χ2v) is 7.11. The molecule has 2 aromatic heterocycles. The average Bonchev–Trinajstić information content (AvgIpc) is 3.41. The molecular weight excluding hydrogens is 327 g/mol. The van der Waals surface area contributed by atoms with Gasteiger partial charge in [-0.05, 0) is 55.0 Å². The molecule has 1 N–H and O–H groups in total. The minimum Gasteiger partial charge on any atom is -0.353 e. The number of nitrogens with zero attached hydrogens (tertiary/aromatic N) is 3. The third kappa shape index (κ3) is 2.59. The van der Waals surface area contributed by atoms with Gasteiger partial charge in [0, 0.05) is 12.7 Å². The maximum atomic E-state index is 13.9.